The molecule has 0 fully saturated rings. The van der Waals surface area contributed by atoms with Crippen molar-refractivity contribution >= 4 is 28.6 Å². The molecule has 5 N–H and O–H groups in total. The number of carbonyl (C=O) groups is 2. The lowest BCUT2D eigenvalue weighted by Gasteiger charge is -2.10. The van der Waals surface area contributed by atoms with Crippen LogP contribution in [0.3, 0.4) is 0 Å². The number of carbonyl (C=O) groups excluding carboxylic acids is 1. The standard InChI is InChI=1S/C12H12N4O4/c13-10(18)9(17)4-14-11-7-2-1-6(12(19)20)3-8(7)15-5-16-11/h1-3,5,9,17H,4H2,(H2,13,18)(H,19,20)(H,14,15,16). The largest absolute Gasteiger partial charge is 0.478 e. The van der Waals surface area contributed by atoms with E-state index >= 15 is 0 Å². The summed E-state index contributed by atoms with van der Waals surface area (Å²) >= 11 is 0. The van der Waals surface area contributed by atoms with Gasteiger partial charge in [-0.2, -0.15) is 0 Å². The number of fused-ring (bicyclic) bond motifs is 1. The summed E-state index contributed by atoms with van der Waals surface area (Å²) in [6, 6.07) is 4.39. The highest BCUT2D eigenvalue weighted by atomic mass is 16.4. The fourth-order valence-electron chi connectivity index (χ4n) is 1.62. The number of nitrogens with two attached hydrogens (primary N) is 1. The van der Waals surface area contributed by atoms with Crippen LogP contribution in [0.2, 0.25) is 0 Å². The molecule has 1 amide bonds. The van der Waals surface area contributed by atoms with E-state index in [0.717, 1.165) is 0 Å². The molecule has 1 atom stereocenters. The average molecular weight is 276 g/mol. The van der Waals surface area contributed by atoms with Gasteiger partial charge < -0.3 is 21.3 Å². The molecule has 1 aromatic heterocycles. The average Bonchev–Trinajstić information content (AvgIpc) is 2.43. The summed E-state index contributed by atoms with van der Waals surface area (Å²) in [6.45, 7) is -0.0951. The summed E-state index contributed by atoms with van der Waals surface area (Å²) in [5.74, 6) is -1.51. The van der Waals surface area contributed by atoms with Gasteiger partial charge in [-0.05, 0) is 18.2 Å². The number of nitrogens with zero attached hydrogens (tertiary/aromatic N) is 2. The summed E-state index contributed by atoms with van der Waals surface area (Å²) < 4.78 is 0. The van der Waals surface area contributed by atoms with Crippen molar-refractivity contribution in [1.82, 2.24) is 9.97 Å². The minimum atomic E-state index is -1.33. The molecule has 0 saturated heterocycles. The van der Waals surface area contributed by atoms with Gasteiger partial charge in [0.1, 0.15) is 18.2 Å². The Hall–Kier alpha value is -2.74. The lowest BCUT2D eigenvalue weighted by Crippen LogP contribution is -2.34. The van der Waals surface area contributed by atoms with Gasteiger partial charge in [-0.3, -0.25) is 4.79 Å². The minimum Gasteiger partial charge on any atom is -0.478 e. The van der Waals surface area contributed by atoms with Crippen LogP contribution >= 0.6 is 0 Å². The van der Waals surface area contributed by atoms with Gasteiger partial charge in [-0.15, -0.1) is 0 Å². The first-order chi connectivity index (χ1) is 9.49. The Morgan fingerprint density at radius 2 is 2.10 bits per heavy atom. The third-order valence-electron chi connectivity index (χ3n) is 2.67. The van der Waals surface area contributed by atoms with Crippen molar-refractivity contribution in [3.8, 4) is 0 Å². The monoisotopic (exact) mass is 276 g/mol. The Bertz CT molecular complexity index is 674. The van der Waals surface area contributed by atoms with Gasteiger partial charge in [0.15, 0.2) is 0 Å². The number of anilines is 1. The summed E-state index contributed by atoms with van der Waals surface area (Å²) in [5.41, 5.74) is 5.49. The topological polar surface area (TPSA) is 138 Å². The summed E-state index contributed by atoms with van der Waals surface area (Å²) in [6.07, 6.45) is -0.0780. The van der Waals surface area contributed by atoms with E-state index < -0.39 is 18.0 Å². The van der Waals surface area contributed by atoms with E-state index in [1.807, 2.05) is 0 Å². The smallest absolute Gasteiger partial charge is 0.335 e. The third kappa shape index (κ3) is 2.81. The molecule has 0 aliphatic rings. The zero-order valence-corrected chi connectivity index (χ0v) is 10.3. The Labute approximate surface area is 113 Å². The zero-order valence-electron chi connectivity index (χ0n) is 10.3. The van der Waals surface area contributed by atoms with E-state index in [2.05, 4.69) is 15.3 Å². The second-order valence-corrected chi connectivity index (χ2v) is 4.06. The molecule has 2 rings (SSSR count). The minimum absolute atomic E-state index is 0.0951. The number of amides is 1. The first-order valence-corrected chi connectivity index (χ1v) is 5.68. The second kappa shape index (κ2) is 5.49. The van der Waals surface area contributed by atoms with Gasteiger partial charge in [0, 0.05) is 5.39 Å². The molecule has 1 heterocycles. The number of hydrogen-bond donors (Lipinski definition) is 4. The van der Waals surface area contributed by atoms with Gasteiger partial charge in [0.05, 0.1) is 17.6 Å². The van der Waals surface area contributed by atoms with Crippen LogP contribution in [0, 0.1) is 0 Å². The molecule has 0 radical (unpaired) electrons. The maximum absolute atomic E-state index is 10.9. The van der Waals surface area contributed by atoms with Gasteiger partial charge in [0.25, 0.3) is 0 Å². The SMILES string of the molecule is NC(=O)C(O)CNc1ncnc2cc(C(=O)O)ccc12. The fourth-order valence-corrected chi connectivity index (χ4v) is 1.62. The predicted octanol–water partition coefficient (Wildman–Crippen LogP) is -0.414. The highest BCUT2D eigenvalue weighted by Gasteiger charge is 2.12. The van der Waals surface area contributed by atoms with Crippen molar-refractivity contribution in [2.75, 3.05) is 11.9 Å². The molecule has 1 aromatic carbocycles. The van der Waals surface area contributed by atoms with Gasteiger partial charge in [0.2, 0.25) is 5.91 Å². The van der Waals surface area contributed by atoms with Crippen molar-refractivity contribution in [3.63, 3.8) is 0 Å². The van der Waals surface area contributed by atoms with E-state index in [4.69, 9.17) is 10.8 Å². The van der Waals surface area contributed by atoms with Crippen LogP contribution in [0.25, 0.3) is 10.9 Å². The molecule has 0 aliphatic heterocycles. The number of aliphatic hydroxyl groups is 1. The summed E-state index contributed by atoms with van der Waals surface area (Å²) in [7, 11) is 0. The molecule has 104 valence electrons. The van der Waals surface area contributed by atoms with Crippen molar-refractivity contribution < 1.29 is 19.8 Å². The van der Waals surface area contributed by atoms with Crippen LogP contribution < -0.4 is 11.1 Å². The van der Waals surface area contributed by atoms with Gasteiger partial charge >= 0.3 is 5.97 Å². The number of aliphatic hydroxyl groups excluding tert-OH is 1. The van der Waals surface area contributed by atoms with E-state index in [1.165, 1.54) is 18.5 Å². The second-order valence-electron chi connectivity index (χ2n) is 4.06. The molecule has 8 heteroatoms. The normalized spacial score (nSPS) is 12.1. The zero-order chi connectivity index (χ0) is 14.7. The van der Waals surface area contributed by atoms with E-state index in [9.17, 15) is 14.7 Å². The van der Waals surface area contributed by atoms with Crippen molar-refractivity contribution in [2.45, 2.75) is 6.10 Å². The number of aromatic nitrogens is 2. The van der Waals surface area contributed by atoms with E-state index in [-0.39, 0.29) is 12.1 Å². The molecule has 0 saturated carbocycles. The van der Waals surface area contributed by atoms with E-state index in [0.29, 0.717) is 16.7 Å². The quantitative estimate of drug-likeness (QED) is 0.582. The van der Waals surface area contributed by atoms with Crippen LogP contribution in [0.5, 0.6) is 0 Å². The lowest BCUT2D eigenvalue weighted by molar-refractivity contribution is -0.125. The van der Waals surface area contributed by atoms with Crippen LogP contribution in [0.15, 0.2) is 24.5 Å². The highest BCUT2D eigenvalue weighted by Crippen LogP contribution is 2.20. The number of hydrogen-bond acceptors (Lipinski definition) is 6. The number of carboxylic acids is 1. The van der Waals surface area contributed by atoms with Crippen LogP contribution in [-0.2, 0) is 4.79 Å². The Kier molecular flexibility index (Phi) is 3.76. The Balaban J connectivity index is 2.30. The summed E-state index contributed by atoms with van der Waals surface area (Å²) in [5, 5.41) is 21.6. The highest BCUT2D eigenvalue weighted by molar-refractivity contribution is 5.96. The maximum atomic E-state index is 10.9. The molecule has 0 aliphatic carbocycles. The number of benzene rings is 1. The van der Waals surface area contributed by atoms with Crippen molar-refractivity contribution in [1.29, 1.82) is 0 Å². The first kappa shape index (κ1) is 13.7. The molecule has 0 spiro atoms. The first-order valence-electron chi connectivity index (χ1n) is 5.68. The Morgan fingerprint density at radius 1 is 1.35 bits per heavy atom. The van der Waals surface area contributed by atoms with Crippen molar-refractivity contribution in [3.05, 3.63) is 30.1 Å². The number of primary amides is 1. The molecule has 2 aromatic rings. The molecular weight excluding hydrogens is 264 g/mol. The molecule has 20 heavy (non-hydrogen) atoms. The van der Waals surface area contributed by atoms with Crippen LogP contribution in [0.4, 0.5) is 5.82 Å². The van der Waals surface area contributed by atoms with Gasteiger partial charge in [-0.1, -0.05) is 0 Å². The fraction of sp³-hybridized carbons (Fsp3) is 0.167. The predicted molar refractivity (Wildman–Crippen MR) is 70.2 cm³/mol. The molecular formula is C12H12N4O4. The van der Waals surface area contributed by atoms with Crippen LogP contribution in [-0.4, -0.2) is 44.7 Å². The van der Waals surface area contributed by atoms with Crippen molar-refractivity contribution in [2.24, 2.45) is 5.73 Å². The molecule has 8 nitrogen and oxygen atoms in total. The maximum Gasteiger partial charge on any atom is 0.335 e. The Morgan fingerprint density at radius 3 is 2.75 bits per heavy atom. The number of carboxylic acid groups (broad SMARTS) is 1. The van der Waals surface area contributed by atoms with Crippen LogP contribution in [0.1, 0.15) is 10.4 Å². The number of nitrogens with one attached hydrogen (secondary N) is 1. The lowest BCUT2D eigenvalue weighted by atomic mass is 10.1. The number of rotatable bonds is 5. The number of aromatic carboxylic acids is 1. The molecule has 1 unspecified atom stereocenters. The van der Waals surface area contributed by atoms with E-state index in [1.54, 1.807) is 6.07 Å². The summed E-state index contributed by atoms with van der Waals surface area (Å²) in [4.78, 5) is 29.6. The van der Waals surface area contributed by atoms with Gasteiger partial charge in [-0.25, -0.2) is 14.8 Å². The third-order valence-corrected chi connectivity index (χ3v) is 2.67. The molecule has 0 bridgehead atoms.